The molecule has 0 aliphatic carbocycles. The Labute approximate surface area is 434 Å². The van der Waals surface area contributed by atoms with Crippen LogP contribution in [0.25, 0.3) is 10.9 Å². The van der Waals surface area contributed by atoms with Crippen LogP contribution in [0.1, 0.15) is 90.2 Å². The van der Waals surface area contributed by atoms with Gasteiger partial charge in [0.15, 0.2) is 5.96 Å². The van der Waals surface area contributed by atoms with Crippen LogP contribution in [0.5, 0.6) is 5.75 Å². The number of carboxylic acids is 2. The summed E-state index contributed by atoms with van der Waals surface area (Å²) in [5, 5.41) is 48.0. The lowest BCUT2D eigenvalue weighted by atomic mass is 9.97. The SMILES string of the molecule is CC[C@H](C)[C@@H](N)C(=O)N[C@H](CC(C)C)C(=O)NCC(=O)N[C@H](Cc1c[nH]c2ccccc12)C(=O)N[C@H](CCCN=C(N)N)C(=O)N[C@H](CC(=O)O)C(=O)N[C@H](Cc1ccc(O)cc1)C(=O)N[C@H](CCCCN)C(=O)O. The Kier molecular flexibility index (Phi) is 25.5. The Hall–Kier alpha value is -7.80. The van der Waals surface area contributed by atoms with Crippen molar-refractivity contribution in [1.82, 2.24) is 42.2 Å². The van der Waals surface area contributed by atoms with E-state index in [9.17, 15) is 58.5 Å². The molecule has 0 spiro atoms. The quantitative estimate of drug-likeness (QED) is 0.0194. The van der Waals surface area contributed by atoms with Crippen molar-refractivity contribution < 1.29 is 58.5 Å². The number of nitrogens with one attached hydrogen (secondary N) is 8. The van der Waals surface area contributed by atoms with E-state index in [1.54, 1.807) is 30.5 Å². The first kappa shape index (κ1) is 61.5. The second-order valence-corrected chi connectivity index (χ2v) is 18.8. The Morgan fingerprint density at radius 3 is 1.85 bits per heavy atom. The number of hydrogen-bond acceptors (Lipinski definition) is 13. The Morgan fingerprint density at radius 1 is 0.667 bits per heavy atom. The highest BCUT2D eigenvalue weighted by Crippen LogP contribution is 2.20. The third-order valence-electron chi connectivity index (χ3n) is 12.2. The van der Waals surface area contributed by atoms with E-state index in [4.69, 9.17) is 22.9 Å². The van der Waals surface area contributed by atoms with E-state index < -0.39 is 109 Å². The molecule has 19 N–H and O–H groups in total. The van der Waals surface area contributed by atoms with Crippen molar-refractivity contribution in [3.05, 3.63) is 65.9 Å². The second-order valence-electron chi connectivity index (χ2n) is 18.8. The highest BCUT2D eigenvalue weighted by molar-refractivity contribution is 5.98. The highest BCUT2D eigenvalue weighted by Gasteiger charge is 2.34. The predicted octanol–water partition coefficient (Wildman–Crippen LogP) is -1.15. The summed E-state index contributed by atoms with van der Waals surface area (Å²) in [5.41, 5.74) is 24.4. The summed E-state index contributed by atoms with van der Waals surface area (Å²) in [6.45, 7) is 6.99. The number of H-pyrrole nitrogens is 1. The van der Waals surface area contributed by atoms with Gasteiger partial charge in [-0.25, -0.2) is 4.79 Å². The van der Waals surface area contributed by atoms with Gasteiger partial charge in [0, 0.05) is 36.5 Å². The minimum absolute atomic E-state index is 0.00342. The summed E-state index contributed by atoms with van der Waals surface area (Å²) >= 11 is 0. The van der Waals surface area contributed by atoms with E-state index in [1.165, 1.54) is 24.3 Å². The van der Waals surface area contributed by atoms with Crippen molar-refractivity contribution in [1.29, 1.82) is 0 Å². The number of aliphatic imine (C=N–C) groups is 1. The molecule has 25 nitrogen and oxygen atoms in total. The second kappa shape index (κ2) is 31.1. The van der Waals surface area contributed by atoms with Crippen molar-refractivity contribution in [3.8, 4) is 5.75 Å². The molecule has 3 aromatic rings. The molecule has 0 fully saturated rings. The van der Waals surface area contributed by atoms with Crippen LogP contribution in [0.4, 0.5) is 0 Å². The molecule has 3 rings (SSSR count). The number of carboxylic acid groups (broad SMARTS) is 2. The third-order valence-corrected chi connectivity index (χ3v) is 12.2. The first-order valence-corrected chi connectivity index (χ1v) is 24.9. The monoisotopic (exact) mass is 1050 g/mol. The number of aromatic nitrogens is 1. The normalized spacial score (nSPS) is 14.3. The average Bonchev–Trinajstić information content (AvgIpc) is 3.77. The number of hydrogen-bond donors (Lipinski definition) is 15. The molecule has 0 radical (unpaired) electrons. The number of carbonyl (C=O) groups excluding carboxylic acids is 7. The van der Waals surface area contributed by atoms with Crippen molar-refractivity contribution in [2.75, 3.05) is 19.6 Å². The zero-order valence-corrected chi connectivity index (χ0v) is 42.9. The lowest BCUT2D eigenvalue weighted by molar-refractivity contribution is -0.143. The fourth-order valence-corrected chi connectivity index (χ4v) is 7.82. The summed E-state index contributed by atoms with van der Waals surface area (Å²) in [6.07, 6.45) is 1.72. The zero-order valence-electron chi connectivity index (χ0n) is 42.9. The van der Waals surface area contributed by atoms with E-state index in [0.717, 1.165) is 0 Å². The van der Waals surface area contributed by atoms with Gasteiger partial charge in [-0.15, -0.1) is 0 Å². The van der Waals surface area contributed by atoms with Gasteiger partial charge < -0.3 is 80.5 Å². The number of phenolic OH excluding ortho intramolecular Hbond substituents is 1. The molecule has 0 aliphatic rings. The van der Waals surface area contributed by atoms with Gasteiger partial charge in [0.05, 0.1) is 19.0 Å². The van der Waals surface area contributed by atoms with Gasteiger partial charge in [-0.2, -0.15) is 0 Å². The van der Waals surface area contributed by atoms with Crippen LogP contribution in [0.2, 0.25) is 0 Å². The average molecular weight is 1050 g/mol. The van der Waals surface area contributed by atoms with Crippen LogP contribution < -0.4 is 60.2 Å². The highest BCUT2D eigenvalue weighted by atomic mass is 16.4. The van der Waals surface area contributed by atoms with Gasteiger partial charge in [0.25, 0.3) is 0 Å². The van der Waals surface area contributed by atoms with E-state index in [1.807, 2.05) is 27.7 Å². The van der Waals surface area contributed by atoms with Crippen LogP contribution in [-0.4, -0.2) is 141 Å². The maximum Gasteiger partial charge on any atom is 0.326 e. The van der Waals surface area contributed by atoms with Crippen LogP contribution in [0.3, 0.4) is 0 Å². The fourth-order valence-electron chi connectivity index (χ4n) is 7.82. The number of fused-ring (bicyclic) bond motifs is 1. The van der Waals surface area contributed by atoms with Gasteiger partial charge in [0.1, 0.15) is 42.0 Å². The van der Waals surface area contributed by atoms with Gasteiger partial charge in [-0.3, -0.25) is 43.3 Å². The van der Waals surface area contributed by atoms with Gasteiger partial charge in [-0.1, -0.05) is 64.4 Å². The number of aromatic hydroxyl groups is 1. The first-order chi connectivity index (χ1) is 35.5. The lowest BCUT2D eigenvalue weighted by Gasteiger charge is -2.27. The summed E-state index contributed by atoms with van der Waals surface area (Å²) < 4.78 is 0. The Balaban J connectivity index is 1.95. The number of aromatic amines is 1. The van der Waals surface area contributed by atoms with E-state index in [0.29, 0.717) is 41.3 Å². The molecule has 0 saturated heterocycles. The van der Waals surface area contributed by atoms with Gasteiger partial charge in [0.2, 0.25) is 41.4 Å². The Morgan fingerprint density at radius 2 is 1.24 bits per heavy atom. The Bertz CT molecular complexity index is 2440. The molecule has 0 saturated carbocycles. The number of phenols is 1. The first-order valence-electron chi connectivity index (χ1n) is 24.9. The number of aliphatic carboxylic acids is 2. The number of guanidine groups is 1. The summed E-state index contributed by atoms with van der Waals surface area (Å²) in [6, 6.07) is 2.99. The minimum atomic E-state index is -1.89. The molecule has 1 heterocycles. The smallest absolute Gasteiger partial charge is 0.326 e. The van der Waals surface area contributed by atoms with Gasteiger partial charge in [-0.05, 0) is 86.2 Å². The molecule has 8 atom stereocenters. The number of para-hydroxylation sites is 1. The summed E-state index contributed by atoms with van der Waals surface area (Å²) in [7, 11) is 0. The molecule has 0 aliphatic heterocycles. The molecule has 0 bridgehead atoms. The van der Waals surface area contributed by atoms with E-state index in [-0.39, 0.29) is 75.2 Å². The van der Waals surface area contributed by atoms with Crippen LogP contribution in [0.15, 0.2) is 59.7 Å². The topological polar surface area (TPSA) is 431 Å². The van der Waals surface area contributed by atoms with Crippen molar-refractivity contribution >= 4 is 70.2 Å². The molecular weight excluding hydrogens is 975 g/mol. The molecule has 75 heavy (non-hydrogen) atoms. The molecule has 1 aromatic heterocycles. The molecular formula is C50H75N13O12. The molecule has 25 heteroatoms. The van der Waals surface area contributed by atoms with Gasteiger partial charge >= 0.3 is 11.9 Å². The third kappa shape index (κ3) is 21.3. The lowest BCUT2D eigenvalue weighted by Crippen LogP contribution is -2.60. The number of nitrogens with two attached hydrogens (primary N) is 4. The summed E-state index contributed by atoms with van der Waals surface area (Å²) in [4.78, 5) is 128. The zero-order chi connectivity index (χ0) is 55.8. The van der Waals surface area contributed by atoms with Crippen LogP contribution in [-0.2, 0) is 56.0 Å². The fraction of sp³-hybridized carbons (Fsp3) is 0.520. The maximum atomic E-state index is 14.4. The number of nitrogens with zero attached hydrogens (tertiary/aromatic N) is 1. The number of benzene rings is 2. The molecule has 2 aromatic carbocycles. The molecule has 412 valence electrons. The minimum Gasteiger partial charge on any atom is -0.508 e. The number of rotatable bonds is 33. The molecule has 7 amide bonds. The van der Waals surface area contributed by atoms with Crippen molar-refractivity contribution in [2.24, 2.45) is 39.8 Å². The number of amides is 7. The van der Waals surface area contributed by atoms with Crippen LogP contribution >= 0.6 is 0 Å². The van der Waals surface area contributed by atoms with Crippen molar-refractivity contribution in [3.63, 3.8) is 0 Å². The van der Waals surface area contributed by atoms with E-state index >= 15 is 0 Å². The maximum absolute atomic E-state index is 14.4. The standard InChI is InChI=1S/C50H75N13O12/c1-5-28(4)42(52)48(73)63-36(21-27(2)3)43(68)57-26-40(65)58-38(23-30-25-56-33-12-7-6-11-32(30)33)46(71)59-34(14-10-20-55-50(53)54)44(69)62-39(24-41(66)67)47(72)61-37(22-29-15-17-31(64)18-16-29)45(70)60-35(49(74)75)13-8-9-19-51/h6-7,11-12,15-18,25,27-28,34-39,42,56,64H,5,8-10,13-14,19-24,26,51-52H2,1-4H3,(H,57,68)(H,58,65)(H,59,71)(H,60,70)(H,61,72)(H,62,69)(H,63,73)(H,66,67)(H,74,75)(H4,53,54,55)/t28-,34+,35+,36+,37+,38+,39+,42+/m0/s1. The number of unbranched alkanes of at least 4 members (excludes halogenated alkanes) is 1. The summed E-state index contributed by atoms with van der Waals surface area (Å²) in [5.74, 6) is -9.60. The van der Waals surface area contributed by atoms with E-state index in [2.05, 4.69) is 47.2 Å². The predicted molar refractivity (Wildman–Crippen MR) is 278 cm³/mol. The molecule has 0 unspecified atom stereocenters. The largest absolute Gasteiger partial charge is 0.508 e. The van der Waals surface area contributed by atoms with Crippen LogP contribution in [0, 0.1) is 11.8 Å². The number of carbonyl (C=O) groups is 9. The van der Waals surface area contributed by atoms with Crippen molar-refractivity contribution in [2.45, 2.75) is 134 Å².